The number of thiophene rings is 1. The highest BCUT2D eigenvalue weighted by atomic mass is 35.5. The maximum Gasteiger partial charge on any atom is 0.265 e. The van der Waals surface area contributed by atoms with Crippen LogP contribution in [0, 0.1) is 6.92 Å². The molecule has 0 aromatic carbocycles. The molecule has 1 rings (SSSR count). The predicted molar refractivity (Wildman–Crippen MR) is 76.6 cm³/mol. The SMILES string of the molecule is CCC(CC)N(CCO)C(=O)c1scc(C)c1Cl. The molecule has 1 amide bonds. The lowest BCUT2D eigenvalue weighted by Crippen LogP contribution is -2.41. The maximum absolute atomic E-state index is 12.5. The van der Waals surface area contributed by atoms with Crippen LogP contribution in [0.3, 0.4) is 0 Å². The minimum absolute atomic E-state index is 0.0236. The van der Waals surface area contributed by atoms with Gasteiger partial charge in [0.05, 0.1) is 11.6 Å². The fraction of sp³-hybridized carbons (Fsp3) is 0.615. The van der Waals surface area contributed by atoms with Crippen molar-refractivity contribution in [2.24, 2.45) is 0 Å². The molecule has 0 bridgehead atoms. The van der Waals surface area contributed by atoms with Crippen molar-refractivity contribution < 1.29 is 9.90 Å². The number of nitrogens with zero attached hydrogens (tertiary/aromatic N) is 1. The smallest absolute Gasteiger partial charge is 0.265 e. The quantitative estimate of drug-likeness (QED) is 0.872. The summed E-state index contributed by atoms with van der Waals surface area (Å²) < 4.78 is 0. The Labute approximate surface area is 117 Å². The molecule has 0 saturated heterocycles. The molecular weight excluding hydrogens is 270 g/mol. The number of aliphatic hydroxyl groups is 1. The van der Waals surface area contributed by atoms with E-state index in [1.54, 1.807) is 4.90 Å². The van der Waals surface area contributed by atoms with Crippen molar-refractivity contribution in [3.63, 3.8) is 0 Å². The lowest BCUT2D eigenvalue weighted by atomic mass is 10.1. The van der Waals surface area contributed by atoms with Gasteiger partial charge in [-0.05, 0) is 30.7 Å². The molecule has 1 heterocycles. The average molecular weight is 290 g/mol. The Morgan fingerprint density at radius 1 is 1.50 bits per heavy atom. The Morgan fingerprint density at radius 2 is 2.11 bits per heavy atom. The van der Waals surface area contributed by atoms with Crippen LogP contribution >= 0.6 is 22.9 Å². The minimum Gasteiger partial charge on any atom is -0.395 e. The molecule has 0 aliphatic carbocycles. The third-order valence-corrected chi connectivity index (χ3v) is 4.76. The maximum atomic E-state index is 12.5. The second-order valence-corrected chi connectivity index (χ2v) is 5.51. The molecule has 0 aliphatic rings. The number of aryl methyl sites for hydroxylation is 1. The fourth-order valence-corrected chi connectivity index (χ4v) is 3.22. The number of hydrogen-bond donors (Lipinski definition) is 1. The Hall–Kier alpha value is -0.580. The summed E-state index contributed by atoms with van der Waals surface area (Å²) in [5.41, 5.74) is 0.929. The zero-order valence-electron chi connectivity index (χ0n) is 11.1. The predicted octanol–water partition coefficient (Wildman–Crippen LogP) is 3.33. The first-order valence-corrected chi connectivity index (χ1v) is 7.47. The van der Waals surface area contributed by atoms with Gasteiger partial charge in [0.25, 0.3) is 5.91 Å². The number of amides is 1. The number of rotatable bonds is 6. The van der Waals surface area contributed by atoms with E-state index in [1.165, 1.54) is 11.3 Å². The van der Waals surface area contributed by atoms with Gasteiger partial charge in [-0.15, -0.1) is 11.3 Å². The number of carbonyl (C=O) groups excluding carboxylic acids is 1. The van der Waals surface area contributed by atoms with E-state index in [9.17, 15) is 4.79 Å². The molecule has 102 valence electrons. The Balaban J connectivity index is 2.99. The largest absolute Gasteiger partial charge is 0.395 e. The van der Waals surface area contributed by atoms with Gasteiger partial charge in [-0.3, -0.25) is 4.79 Å². The number of halogens is 1. The van der Waals surface area contributed by atoms with Gasteiger partial charge >= 0.3 is 0 Å². The van der Waals surface area contributed by atoms with Gasteiger partial charge in [-0.1, -0.05) is 25.4 Å². The van der Waals surface area contributed by atoms with Gasteiger partial charge in [0, 0.05) is 12.6 Å². The van der Waals surface area contributed by atoms with Crippen LogP contribution < -0.4 is 0 Å². The highest BCUT2D eigenvalue weighted by molar-refractivity contribution is 7.13. The third kappa shape index (κ3) is 3.25. The van der Waals surface area contributed by atoms with E-state index in [0.717, 1.165) is 18.4 Å². The highest BCUT2D eigenvalue weighted by Gasteiger charge is 2.25. The van der Waals surface area contributed by atoms with Crippen molar-refractivity contribution in [1.29, 1.82) is 0 Å². The number of carbonyl (C=O) groups is 1. The van der Waals surface area contributed by atoms with E-state index in [4.69, 9.17) is 16.7 Å². The first-order chi connectivity index (χ1) is 8.56. The topological polar surface area (TPSA) is 40.5 Å². The summed E-state index contributed by atoms with van der Waals surface area (Å²) in [5, 5.41) is 11.6. The van der Waals surface area contributed by atoms with E-state index in [0.29, 0.717) is 16.4 Å². The van der Waals surface area contributed by atoms with Crippen LogP contribution in [0.2, 0.25) is 5.02 Å². The summed E-state index contributed by atoms with van der Waals surface area (Å²) in [6, 6.07) is 0.156. The van der Waals surface area contributed by atoms with E-state index in [1.807, 2.05) is 26.2 Å². The summed E-state index contributed by atoms with van der Waals surface area (Å²) in [4.78, 5) is 14.8. The second kappa shape index (κ2) is 7.12. The molecule has 0 radical (unpaired) electrons. The Kier molecular flexibility index (Phi) is 6.12. The first kappa shape index (κ1) is 15.5. The lowest BCUT2D eigenvalue weighted by Gasteiger charge is -2.29. The first-order valence-electron chi connectivity index (χ1n) is 6.22. The van der Waals surface area contributed by atoms with Crippen molar-refractivity contribution in [1.82, 2.24) is 4.90 Å². The summed E-state index contributed by atoms with van der Waals surface area (Å²) in [6.45, 7) is 6.33. The molecular formula is C13H20ClNO2S. The van der Waals surface area contributed by atoms with Gasteiger partial charge in [-0.25, -0.2) is 0 Å². The average Bonchev–Trinajstić information content (AvgIpc) is 2.69. The van der Waals surface area contributed by atoms with Crippen molar-refractivity contribution in [2.75, 3.05) is 13.2 Å². The molecule has 5 heteroatoms. The molecule has 0 aliphatic heterocycles. The minimum atomic E-state index is -0.0687. The third-order valence-electron chi connectivity index (χ3n) is 3.08. The highest BCUT2D eigenvalue weighted by Crippen LogP contribution is 2.29. The molecule has 3 nitrogen and oxygen atoms in total. The monoisotopic (exact) mass is 289 g/mol. The standard InChI is InChI=1S/C13H20ClNO2S/c1-4-10(5-2)15(6-7-16)13(17)12-11(14)9(3)8-18-12/h8,10,16H,4-7H2,1-3H3. The summed E-state index contributed by atoms with van der Waals surface area (Å²) >= 11 is 7.51. The van der Waals surface area contributed by atoms with Crippen molar-refractivity contribution in [3.05, 3.63) is 20.8 Å². The van der Waals surface area contributed by atoms with E-state index < -0.39 is 0 Å². The van der Waals surface area contributed by atoms with Crippen LogP contribution in [0.5, 0.6) is 0 Å². The van der Waals surface area contributed by atoms with Crippen LogP contribution in [0.25, 0.3) is 0 Å². The van der Waals surface area contributed by atoms with Gasteiger partial charge in [0.15, 0.2) is 0 Å². The van der Waals surface area contributed by atoms with Crippen molar-refractivity contribution >= 4 is 28.8 Å². The number of aliphatic hydroxyl groups excluding tert-OH is 1. The molecule has 0 spiro atoms. The molecule has 1 aromatic heterocycles. The molecule has 0 saturated carbocycles. The van der Waals surface area contributed by atoms with E-state index in [-0.39, 0.29) is 18.6 Å². The Morgan fingerprint density at radius 3 is 2.50 bits per heavy atom. The van der Waals surface area contributed by atoms with Crippen molar-refractivity contribution in [3.8, 4) is 0 Å². The van der Waals surface area contributed by atoms with Gasteiger partial charge in [0.1, 0.15) is 4.88 Å². The van der Waals surface area contributed by atoms with E-state index >= 15 is 0 Å². The molecule has 0 atom stereocenters. The normalized spacial score (nSPS) is 11.0. The van der Waals surface area contributed by atoms with Crippen LogP contribution in [-0.2, 0) is 0 Å². The lowest BCUT2D eigenvalue weighted by molar-refractivity contribution is 0.0627. The van der Waals surface area contributed by atoms with E-state index in [2.05, 4.69) is 0 Å². The second-order valence-electron chi connectivity index (χ2n) is 4.25. The van der Waals surface area contributed by atoms with Gasteiger partial charge in [-0.2, -0.15) is 0 Å². The van der Waals surface area contributed by atoms with Gasteiger partial charge < -0.3 is 10.0 Å². The molecule has 0 unspecified atom stereocenters. The Bertz CT molecular complexity index is 402. The zero-order valence-corrected chi connectivity index (χ0v) is 12.6. The summed E-state index contributed by atoms with van der Waals surface area (Å²) in [7, 11) is 0. The molecule has 1 N–H and O–H groups in total. The summed E-state index contributed by atoms with van der Waals surface area (Å²) in [6.07, 6.45) is 1.76. The van der Waals surface area contributed by atoms with Crippen LogP contribution in [0.4, 0.5) is 0 Å². The van der Waals surface area contributed by atoms with Gasteiger partial charge in [0.2, 0.25) is 0 Å². The molecule has 18 heavy (non-hydrogen) atoms. The summed E-state index contributed by atoms with van der Waals surface area (Å²) in [5.74, 6) is -0.0687. The van der Waals surface area contributed by atoms with Crippen LogP contribution in [0.15, 0.2) is 5.38 Å². The molecule has 1 aromatic rings. The van der Waals surface area contributed by atoms with Crippen LogP contribution in [0.1, 0.15) is 41.9 Å². The van der Waals surface area contributed by atoms with Crippen molar-refractivity contribution in [2.45, 2.75) is 39.7 Å². The molecule has 0 fully saturated rings. The van der Waals surface area contributed by atoms with Crippen LogP contribution in [-0.4, -0.2) is 35.1 Å². The number of hydrogen-bond acceptors (Lipinski definition) is 3. The fourth-order valence-electron chi connectivity index (χ4n) is 1.99. The zero-order chi connectivity index (χ0) is 13.7.